The van der Waals surface area contributed by atoms with Gasteiger partial charge in [0.05, 0.1) is 26.4 Å². The second kappa shape index (κ2) is 6.22. The van der Waals surface area contributed by atoms with Crippen LogP contribution in [0.5, 0.6) is 0 Å². The van der Waals surface area contributed by atoms with Crippen LogP contribution in [0.3, 0.4) is 0 Å². The molecular formula is C9H17NO2SSi. The molecule has 0 aliphatic rings. The number of nitriles is 1. The summed E-state index contributed by atoms with van der Waals surface area (Å²) in [5.74, 6) is 0. The average Bonchev–Trinajstić information content (AvgIpc) is 2.23. The SMILES string of the molecule is CCCCC(S)(C#N)/[Si](C)=C(\O)CO. The highest BCUT2D eigenvalue weighted by Gasteiger charge is 2.30. The number of hydrogen-bond donors (Lipinski definition) is 3. The van der Waals surface area contributed by atoms with Gasteiger partial charge in [-0.15, -0.1) is 0 Å². The van der Waals surface area contributed by atoms with Crippen molar-refractivity contribution in [3.63, 3.8) is 0 Å². The molecular weight excluding hydrogens is 214 g/mol. The minimum Gasteiger partial charge on any atom is -0.516 e. The van der Waals surface area contributed by atoms with Gasteiger partial charge in [0.25, 0.3) is 0 Å². The zero-order chi connectivity index (χ0) is 11.2. The second-order valence-electron chi connectivity index (χ2n) is 3.31. The topological polar surface area (TPSA) is 64.2 Å². The van der Waals surface area contributed by atoms with E-state index in [-0.39, 0.29) is 12.0 Å². The van der Waals surface area contributed by atoms with E-state index in [1.807, 2.05) is 13.5 Å². The maximum atomic E-state index is 9.40. The summed E-state index contributed by atoms with van der Waals surface area (Å²) in [5.41, 5.74) is 0. The van der Waals surface area contributed by atoms with Crippen LogP contribution >= 0.6 is 12.6 Å². The fourth-order valence-electron chi connectivity index (χ4n) is 1.12. The van der Waals surface area contributed by atoms with Gasteiger partial charge in [0.2, 0.25) is 0 Å². The fourth-order valence-corrected chi connectivity index (χ4v) is 3.10. The first-order valence-electron chi connectivity index (χ1n) is 4.65. The third kappa shape index (κ3) is 3.44. The summed E-state index contributed by atoms with van der Waals surface area (Å²) in [5, 5.41) is 27.2. The number of thiol groups is 1. The van der Waals surface area contributed by atoms with Crippen LogP contribution in [-0.4, -0.2) is 35.0 Å². The van der Waals surface area contributed by atoms with Gasteiger partial charge in [0.15, 0.2) is 0 Å². The lowest BCUT2D eigenvalue weighted by Gasteiger charge is -2.21. The molecule has 0 aliphatic carbocycles. The van der Waals surface area contributed by atoms with Crippen molar-refractivity contribution >= 4 is 26.4 Å². The maximum Gasteiger partial charge on any atom is 0.108 e. The smallest absolute Gasteiger partial charge is 0.108 e. The summed E-state index contributed by atoms with van der Waals surface area (Å²) in [7, 11) is -1.45. The highest BCUT2D eigenvalue weighted by atomic mass is 32.1. The zero-order valence-corrected chi connectivity index (χ0v) is 10.5. The largest absolute Gasteiger partial charge is 0.516 e. The first kappa shape index (κ1) is 13.7. The maximum absolute atomic E-state index is 9.40. The molecule has 0 amide bonds. The zero-order valence-electron chi connectivity index (χ0n) is 8.62. The van der Waals surface area contributed by atoms with E-state index < -0.39 is 12.8 Å². The third-order valence-electron chi connectivity index (χ3n) is 2.28. The Labute approximate surface area is 92.0 Å². The molecule has 0 aromatic carbocycles. The fraction of sp³-hybridized carbons (Fsp3) is 0.778. The van der Waals surface area contributed by atoms with E-state index in [2.05, 4.69) is 18.7 Å². The normalized spacial score (nSPS) is 16.8. The highest BCUT2D eigenvalue weighted by molar-refractivity contribution is 7.84. The molecule has 0 aromatic rings. The molecule has 1 unspecified atom stereocenters. The lowest BCUT2D eigenvalue weighted by Crippen LogP contribution is -2.37. The van der Waals surface area contributed by atoms with Crippen molar-refractivity contribution in [2.45, 2.75) is 37.1 Å². The van der Waals surface area contributed by atoms with E-state index in [4.69, 9.17) is 10.4 Å². The van der Waals surface area contributed by atoms with Crippen molar-refractivity contribution in [3.05, 3.63) is 0 Å². The molecule has 5 heteroatoms. The molecule has 80 valence electrons. The van der Waals surface area contributed by atoms with E-state index in [1.54, 1.807) is 0 Å². The van der Waals surface area contributed by atoms with Crippen LogP contribution in [0.1, 0.15) is 26.2 Å². The highest BCUT2D eigenvalue weighted by Crippen LogP contribution is 2.22. The van der Waals surface area contributed by atoms with Gasteiger partial charge in [-0.05, 0) is 6.42 Å². The minimum absolute atomic E-state index is 0.0302. The van der Waals surface area contributed by atoms with Crippen LogP contribution in [0, 0.1) is 11.3 Å². The summed E-state index contributed by atoms with van der Waals surface area (Å²) < 4.78 is -0.770. The van der Waals surface area contributed by atoms with Crippen molar-refractivity contribution in [1.82, 2.24) is 0 Å². The molecule has 0 saturated carbocycles. The molecule has 0 aromatic heterocycles. The third-order valence-corrected chi connectivity index (χ3v) is 6.24. The monoisotopic (exact) mass is 231 g/mol. The summed E-state index contributed by atoms with van der Waals surface area (Å²) in [4.78, 5) is 0. The average molecular weight is 231 g/mol. The molecule has 0 heterocycles. The molecule has 0 rings (SSSR count). The molecule has 3 nitrogen and oxygen atoms in total. The van der Waals surface area contributed by atoms with Gasteiger partial charge < -0.3 is 10.2 Å². The van der Waals surface area contributed by atoms with Crippen molar-refractivity contribution < 1.29 is 10.2 Å². The van der Waals surface area contributed by atoms with Crippen LogP contribution in [0.15, 0.2) is 0 Å². The molecule has 14 heavy (non-hydrogen) atoms. The number of unbranched alkanes of at least 4 members (excludes halogenated alkanes) is 1. The van der Waals surface area contributed by atoms with Crippen molar-refractivity contribution in [2.24, 2.45) is 0 Å². The molecule has 2 N–H and O–H groups in total. The standard InChI is InChI=1S/C9H17NO2SSi/c1-3-4-5-9(13,7-10)14(2)8(12)6-11/h11-13H,3-6H2,1-2H3/b14-8-. The lowest BCUT2D eigenvalue weighted by molar-refractivity contribution is 0.331. The molecule has 0 aliphatic heterocycles. The number of hydrogen-bond acceptors (Lipinski definition) is 4. The van der Waals surface area contributed by atoms with Gasteiger partial charge in [0, 0.05) is 0 Å². The Balaban J connectivity index is 4.78. The van der Waals surface area contributed by atoms with Gasteiger partial charge in [-0.3, -0.25) is 0 Å². The predicted molar refractivity (Wildman–Crippen MR) is 62.5 cm³/mol. The van der Waals surface area contributed by atoms with Crippen LogP contribution in [0.25, 0.3) is 0 Å². The Morgan fingerprint density at radius 3 is 2.57 bits per heavy atom. The van der Waals surface area contributed by atoms with Gasteiger partial charge >= 0.3 is 0 Å². The molecule has 0 fully saturated rings. The molecule has 0 spiro atoms. The van der Waals surface area contributed by atoms with E-state index >= 15 is 0 Å². The van der Waals surface area contributed by atoms with Gasteiger partial charge in [-0.25, -0.2) is 0 Å². The van der Waals surface area contributed by atoms with Gasteiger partial charge in [-0.2, -0.15) is 17.9 Å². The molecule has 0 radical (unpaired) electrons. The van der Waals surface area contributed by atoms with Crippen LogP contribution in [0.4, 0.5) is 0 Å². The first-order valence-corrected chi connectivity index (χ1v) is 7.10. The Hall–Kier alpha value is -0.313. The van der Waals surface area contributed by atoms with E-state index in [0.717, 1.165) is 12.8 Å². The van der Waals surface area contributed by atoms with Crippen molar-refractivity contribution in [1.29, 1.82) is 5.26 Å². The predicted octanol–water partition coefficient (Wildman–Crippen LogP) is 1.11. The van der Waals surface area contributed by atoms with Crippen LogP contribution in [0.2, 0.25) is 6.55 Å². The summed E-state index contributed by atoms with van der Waals surface area (Å²) in [6.07, 6.45) is 2.58. The Morgan fingerprint density at radius 1 is 1.64 bits per heavy atom. The van der Waals surface area contributed by atoms with Crippen molar-refractivity contribution in [2.75, 3.05) is 6.61 Å². The number of rotatable bonds is 5. The number of nitrogens with zero attached hydrogens (tertiary/aromatic N) is 1. The van der Waals surface area contributed by atoms with E-state index in [9.17, 15) is 5.11 Å². The summed E-state index contributed by atoms with van der Waals surface area (Å²) in [6.45, 7) is 3.49. The Morgan fingerprint density at radius 2 is 2.21 bits per heavy atom. The van der Waals surface area contributed by atoms with Crippen molar-refractivity contribution in [3.8, 4) is 6.07 Å². The van der Waals surface area contributed by atoms with Crippen LogP contribution < -0.4 is 0 Å². The summed E-state index contributed by atoms with van der Waals surface area (Å²) in [6, 6.07) is 2.15. The minimum atomic E-state index is -1.45. The summed E-state index contributed by atoms with van der Waals surface area (Å²) >= 11 is 4.33. The Kier molecular flexibility index (Phi) is 6.08. The van der Waals surface area contributed by atoms with E-state index in [0.29, 0.717) is 6.42 Å². The molecule has 0 bridgehead atoms. The molecule has 0 saturated heterocycles. The number of aliphatic hydroxyl groups excluding tert-OH is 2. The Bertz CT molecular complexity index is 262. The van der Waals surface area contributed by atoms with Gasteiger partial charge in [0.1, 0.15) is 4.37 Å². The second-order valence-corrected chi connectivity index (χ2v) is 7.17. The number of aliphatic hydroxyl groups is 2. The van der Waals surface area contributed by atoms with E-state index in [1.165, 1.54) is 0 Å². The molecule has 1 atom stereocenters. The quantitative estimate of drug-likeness (QED) is 0.490. The lowest BCUT2D eigenvalue weighted by atomic mass is 10.2. The van der Waals surface area contributed by atoms with Crippen LogP contribution in [-0.2, 0) is 0 Å². The first-order chi connectivity index (χ1) is 6.51. The van der Waals surface area contributed by atoms with Gasteiger partial charge in [-0.1, -0.05) is 26.3 Å².